The number of nitrogens with one attached hydrogen (secondary N) is 1. The molecule has 0 saturated carbocycles. The molecule has 0 bridgehead atoms. The molecule has 3 fully saturated rings. The summed E-state index contributed by atoms with van der Waals surface area (Å²) in [6, 6.07) is 8.11. The third-order valence-corrected chi connectivity index (χ3v) is 8.80. The second kappa shape index (κ2) is 13.1. The van der Waals surface area contributed by atoms with E-state index in [2.05, 4.69) is 32.1 Å². The lowest BCUT2D eigenvalue weighted by atomic mass is 9.96. The van der Waals surface area contributed by atoms with Crippen molar-refractivity contribution in [3.63, 3.8) is 0 Å². The molecule has 43 heavy (non-hydrogen) atoms. The Hall–Kier alpha value is -3.42. The normalized spacial score (nSPS) is 20.2. The van der Waals surface area contributed by atoms with Crippen LogP contribution in [0.5, 0.6) is 0 Å². The van der Waals surface area contributed by atoms with Gasteiger partial charge in [0.05, 0.1) is 24.2 Å². The third-order valence-electron chi connectivity index (χ3n) is 8.80. The van der Waals surface area contributed by atoms with Crippen LogP contribution in [0.3, 0.4) is 0 Å². The van der Waals surface area contributed by atoms with Crippen molar-refractivity contribution < 1.29 is 18.3 Å². The van der Waals surface area contributed by atoms with Crippen LogP contribution in [0.4, 0.5) is 20.5 Å². The molecule has 1 aromatic carbocycles. The monoisotopic (exact) mass is 597 g/mol. The predicted octanol–water partition coefficient (Wildman–Crippen LogP) is 2.88. The minimum absolute atomic E-state index is 0.0257. The topological polar surface area (TPSA) is 94.9 Å². The zero-order chi connectivity index (χ0) is 29.9. The van der Waals surface area contributed by atoms with Crippen LogP contribution in [0.15, 0.2) is 30.3 Å². The SMILES string of the molecule is C[C@H](Nc1nc(N2CCOCC2)cc(-n2c(C(F)F)nc3ccccc32)n1)C(=O)N1CCN(CC2CCN(C)CC2)CC1. The molecular formula is C30H41F2N9O2. The van der Waals surface area contributed by atoms with Crippen LogP contribution in [0.1, 0.15) is 32.0 Å². The Bertz CT molecular complexity index is 1400. The molecule has 3 aliphatic heterocycles. The number of benzene rings is 1. The molecule has 2 aromatic heterocycles. The van der Waals surface area contributed by atoms with Gasteiger partial charge >= 0.3 is 0 Å². The Morgan fingerprint density at radius 2 is 1.67 bits per heavy atom. The van der Waals surface area contributed by atoms with Gasteiger partial charge in [-0.15, -0.1) is 0 Å². The number of alkyl halides is 2. The fourth-order valence-electron chi connectivity index (χ4n) is 6.28. The summed E-state index contributed by atoms with van der Waals surface area (Å²) >= 11 is 0. The van der Waals surface area contributed by atoms with E-state index in [0.717, 1.165) is 38.6 Å². The van der Waals surface area contributed by atoms with Gasteiger partial charge in [-0.05, 0) is 58.0 Å². The number of carbonyl (C=O) groups is 1. The number of halogens is 2. The molecular weight excluding hydrogens is 556 g/mol. The highest BCUT2D eigenvalue weighted by molar-refractivity contribution is 5.84. The summed E-state index contributed by atoms with van der Waals surface area (Å²) in [6.45, 7) is 10.6. The summed E-state index contributed by atoms with van der Waals surface area (Å²) in [6.07, 6.45) is -0.338. The van der Waals surface area contributed by atoms with Crippen LogP contribution < -0.4 is 10.2 Å². The van der Waals surface area contributed by atoms with Gasteiger partial charge in [0.1, 0.15) is 17.7 Å². The van der Waals surface area contributed by atoms with E-state index in [1.54, 1.807) is 37.3 Å². The molecule has 1 N–H and O–H groups in total. The van der Waals surface area contributed by atoms with Crippen molar-refractivity contribution in [1.29, 1.82) is 0 Å². The Kier molecular flexibility index (Phi) is 9.01. The molecule has 0 radical (unpaired) electrons. The van der Waals surface area contributed by atoms with E-state index in [9.17, 15) is 13.6 Å². The number of fused-ring (bicyclic) bond motifs is 1. The van der Waals surface area contributed by atoms with E-state index in [1.165, 1.54) is 17.4 Å². The highest BCUT2D eigenvalue weighted by Crippen LogP contribution is 2.29. The molecule has 11 nitrogen and oxygen atoms in total. The highest BCUT2D eigenvalue weighted by atomic mass is 19.3. The van der Waals surface area contributed by atoms with Gasteiger partial charge in [0.15, 0.2) is 5.82 Å². The standard InChI is InChI=1S/C30H41F2N9O2/c1-21(29(42)40-13-11-38(12-14-40)20-22-7-9-37(2)10-8-22)33-30-35-25(39-15-17-43-18-16-39)19-26(36-30)41-24-6-4-3-5-23(24)34-28(41)27(31)32/h3-6,19,21-22,27H,7-18,20H2,1-2H3,(H,33,35,36)/t21-/m0/s1. The Labute approximate surface area is 250 Å². The van der Waals surface area contributed by atoms with Crippen LogP contribution in [0.2, 0.25) is 0 Å². The number of nitrogens with zero attached hydrogens (tertiary/aromatic N) is 8. The molecule has 0 aliphatic carbocycles. The number of morpholine rings is 1. The van der Waals surface area contributed by atoms with Crippen LogP contribution in [0.25, 0.3) is 16.9 Å². The van der Waals surface area contributed by atoms with E-state index in [4.69, 9.17) is 9.72 Å². The Morgan fingerprint density at radius 3 is 2.40 bits per heavy atom. The molecule has 0 spiro atoms. The number of piperidine rings is 1. The fourth-order valence-corrected chi connectivity index (χ4v) is 6.28. The van der Waals surface area contributed by atoms with Gasteiger partial charge in [0.25, 0.3) is 6.43 Å². The van der Waals surface area contributed by atoms with Crippen LogP contribution in [-0.2, 0) is 9.53 Å². The van der Waals surface area contributed by atoms with Crippen LogP contribution >= 0.6 is 0 Å². The van der Waals surface area contributed by atoms with Gasteiger partial charge in [-0.2, -0.15) is 9.97 Å². The van der Waals surface area contributed by atoms with Gasteiger partial charge in [0.2, 0.25) is 11.9 Å². The molecule has 1 amide bonds. The number of rotatable bonds is 8. The second-order valence-electron chi connectivity index (χ2n) is 11.8. The van der Waals surface area contributed by atoms with Crippen molar-refractivity contribution >= 4 is 28.7 Å². The van der Waals surface area contributed by atoms with E-state index >= 15 is 0 Å². The van der Waals surface area contributed by atoms with Gasteiger partial charge in [-0.3, -0.25) is 14.3 Å². The zero-order valence-electron chi connectivity index (χ0n) is 25.0. The number of piperazine rings is 1. The second-order valence-corrected chi connectivity index (χ2v) is 11.8. The maximum Gasteiger partial charge on any atom is 0.296 e. The first kappa shape index (κ1) is 29.6. The highest BCUT2D eigenvalue weighted by Gasteiger charge is 2.28. The number of para-hydroxylation sites is 2. The number of imidazole rings is 1. The van der Waals surface area contributed by atoms with E-state index in [0.29, 0.717) is 56.2 Å². The molecule has 3 saturated heterocycles. The molecule has 232 valence electrons. The smallest absolute Gasteiger partial charge is 0.296 e. The third kappa shape index (κ3) is 6.73. The fraction of sp³-hybridized carbons (Fsp3) is 0.600. The van der Waals surface area contributed by atoms with Crippen molar-refractivity contribution in [3.05, 3.63) is 36.2 Å². The minimum atomic E-state index is -2.80. The maximum absolute atomic E-state index is 14.2. The molecule has 6 rings (SSSR count). The van der Waals surface area contributed by atoms with Crippen LogP contribution in [-0.4, -0.2) is 125 Å². The van der Waals surface area contributed by atoms with Gasteiger partial charge in [0, 0.05) is 51.9 Å². The summed E-state index contributed by atoms with van der Waals surface area (Å²) in [5.74, 6) is 1.37. The van der Waals surface area contributed by atoms with E-state index in [1.807, 2.05) is 9.80 Å². The molecule has 5 heterocycles. The van der Waals surface area contributed by atoms with E-state index < -0.39 is 12.5 Å². The number of aromatic nitrogens is 4. The van der Waals surface area contributed by atoms with Gasteiger partial charge in [-0.25, -0.2) is 13.8 Å². The number of amides is 1. The molecule has 3 aromatic rings. The average molecular weight is 598 g/mol. The van der Waals surface area contributed by atoms with Gasteiger partial charge in [-0.1, -0.05) is 12.1 Å². The summed E-state index contributed by atoms with van der Waals surface area (Å²) in [5, 5.41) is 3.19. The minimum Gasteiger partial charge on any atom is -0.378 e. The van der Waals surface area contributed by atoms with Gasteiger partial charge < -0.3 is 24.8 Å². The van der Waals surface area contributed by atoms with E-state index in [-0.39, 0.29) is 23.5 Å². The van der Waals surface area contributed by atoms with Crippen molar-refractivity contribution in [1.82, 2.24) is 34.2 Å². The quantitative estimate of drug-likeness (QED) is 0.421. The summed E-state index contributed by atoms with van der Waals surface area (Å²) < 4.78 is 35.2. The Balaban J connectivity index is 1.19. The first-order chi connectivity index (χ1) is 20.9. The molecule has 0 unspecified atom stereocenters. The van der Waals surface area contributed by atoms with Crippen molar-refractivity contribution in [2.24, 2.45) is 5.92 Å². The number of anilines is 2. The molecule has 1 atom stereocenters. The first-order valence-corrected chi connectivity index (χ1v) is 15.3. The number of likely N-dealkylation sites (tertiary alicyclic amines) is 1. The predicted molar refractivity (Wildman–Crippen MR) is 161 cm³/mol. The van der Waals surface area contributed by atoms with Crippen molar-refractivity contribution in [3.8, 4) is 5.82 Å². The summed E-state index contributed by atoms with van der Waals surface area (Å²) in [5.41, 5.74) is 0.981. The number of ether oxygens (including phenoxy) is 1. The molecule has 3 aliphatic rings. The largest absolute Gasteiger partial charge is 0.378 e. The number of hydrogen-bond acceptors (Lipinski definition) is 9. The summed E-state index contributed by atoms with van der Waals surface area (Å²) in [4.78, 5) is 35.8. The first-order valence-electron chi connectivity index (χ1n) is 15.3. The lowest BCUT2D eigenvalue weighted by Gasteiger charge is -2.39. The van der Waals surface area contributed by atoms with Crippen molar-refractivity contribution in [2.75, 3.05) is 89.4 Å². The Morgan fingerprint density at radius 1 is 0.977 bits per heavy atom. The lowest BCUT2D eigenvalue weighted by Crippen LogP contribution is -2.53. The summed E-state index contributed by atoms with van der Waals surface area (Å²) in [7, 11) is 2.18. The average Bonchev–Trinajstić information content (AvgIpc) is 3.43. The van der Waals surface area contributed by atoms with Crippen LogP contribution in [0, 0.1) is 5.92 Å². The zero-order valence-corrected chi connectivity index (χ0v) is 25.0. The number of carbonyl (C=O) groups excluding carboxylic acids is 1. The maximum atomic E-state index is 14.2. The lowest BCUT2D eigenvalue weighted by molar-refractivity contribution is -0.133. The number of hydrogen-bond donors (Lipinski definition) is 1. The van der Waals surface area contributed by atoms with Crippen molar-refractivity contribution in [2.45, 2.75) is 32.2 Å². The molecule has 13 heteroatoms.